The molecule has 0 bridgehead atoms. The fourth-order valence-electron chi connectivity index (χ4n) is 0. The lowest BCUT2D eigenvalue weighted by molar-refractivity contribution is 0.277. The number of methoxy groups -OCH3 is 1. The van der Waals surface area contributed by atoms with Crippen LogP contribution in [0.1, 0.15) is 20.3 Å². The van der Waals surface area contributed by atoms with Crippen LogP contribution in [0.3, 0.4) is 0 Å². The van der Waals surface area contributed by atoms with Crippen molar-refractivity contribution in [2.45, 2.75) is 20.3 Å². The summed E-state index contributed by atoms with van der Waals surface area (Å²) in [6.45, 7) is 4.25. The maximum absolute atomic E-state index is 4.64. The molecule has 0 aromatic heterocycles. The van der Waals surface area contributed by atoms with Gasteiger partial charge in [0.15, 0.2) is 0 Å². The SMILES string of the molecule is CCC.CCl.COC. The first-order valence-corrected chi connectivity index (χ1v) is 3.36. The second kappa shape index (κ2) is 55.9. The maximum Gasteiger partial charge on any atom is 0.0351 e. The minimum absolute atomic E-state index is 1.25. The Labute approximate surface area is 58.0 Å². The molecule has 0 spiro atoms. The molecule has 2 heteroatoms. The van der Waals surface area contributed by atoms with E-state index in [2.05, 4.69) is 30.2 Å². The molecule has 0 atom stereocenters. The molecule has 1 nitrogen and oxygen atoms in total. The zero-order chi connectivity index (χ0) is 7.41. The molecule has 0 unspecified atom stereocenters. The van der Waals surface area contributed by atoms with E-state index in [9.17, 15) is 0 Å². The summed E-state index contributed by atoms with van der Waals surface area (Å²) in [4.78, 5) is 0. The average molecular weight is 141 g/mol. The molecular weight excluding hydrogens is 124 g/mol. The van der Waals surface area contributed by atoms with Gasteiger partial charge in [0.25, 0.3) is 0 Å². The number of ether oxygens (including phenoxy) is 1. The van der Waals surface area contributed by atoms with Crippen molar-refractivity contribution >= 4 is 11.6 Å². The number of hydrogen-bond donors (Lipinski definition) is 0. The highest BCUT2D eigenvalue weighted by molar-refractivity contribution is 6.15. The van der Waals surface area contributed by atoms with Gasteiger partial charge < -0.3 is 4.74 Å². The summed E-state index contributed by atoms with van der Waals surface area (Å²) >= 11 is 4.64. The van der Waals surface area contributed by atoms with E-state index in [1.54, 1.807) is 14.2 Å². The third kappa shape index (κ3) is 2760. The quantitative estimate of drug-likeness (QED) is 0.470. The number of rotatable bonds is 0. The van der Waals surface area contributed by atoms with Crippen LogP contribution in [0.25, 0.3) is 0 Å². The van der Waals surface area contributed by atoms with Crippen LogP contribution >= 0.6 is 11.6 Å². The average Bonchev–Trinajstić information content (AvgIpc) is 1.75. The number of halogens is 1. The van der Waals surface area contributed by atoms with E-state index in [1.807, 2.05) is 0 Å². The summed E-state index contributed by atoms with van der Waals surface area (Å²) in [5.41, 5.74) is 0. The lowest BCUT2D eigenvalue weighted by atomic mass is 10.6. The van der Waals surface area contributed by atoms with Crippen LogP contribution < -0.4 is 0 Å². The third-order valence-electron chi connectivity index (χ3n) is 0. The van der Waals surface area contributed by atoms with Gasteiger partial charge in [0.1, 0.15) is 0 Å². The summed E-state index contributed by atoms with van der Waals surface area (Å²) in [5, 5.41) is 0. The Hall–Kier alpha value is 0.250. The van der Waals surface area contributed by atoms with Crippen LogP contribution in [0.4, 0.5) is 0 Å². The molecule has 0 aliphatic heterocycles. The minimum atomic E-state index is 1.25. The molecular formula is C6H17ClO. The van der Waals surface area contributed by atoms with Crippen molar-refractivity contribution in [2.24, 2.45) is 0 Å². The highest BCUT2D eigenvalue weighted by Crippen LogP contribution is 1.56. The molecule has 0 saturated carbocycles. The molecule has 0 aromatic carbocycles. The highest BCUT2D eigenvalue weighted by Gasteiger charge is 1.35. The zero-order valence-corrected chi connectivity index (χ0v) is 7.25. The zero-order valence-electron chi connectivity index (χ0n) is 6.49. The molecule has 8 heavy (non-hydrogen) atoms. The number of hydrogen-bond acceptors (Lipinski definition) is 1. The van der Waals surface area contributed by atoms with E-state index in [4.69, 9.17) is 0 Å². The molecule has 0 N–H and O–H groups in total. The molecule has 0 heterocycles. The van der Waals surface area contributed by atoms with E-state index < -0.39 is 0 Å². The minimum Gasteiger partial charge on any atom is -0.388 e. The fraction of sp³-hybridized carbons (Fsp3) is 1.00. The van der Waals surface area contributed by atoms with Gasteiger partial charge in [-0.3, -0.25) is 0 Å². The Morgan fingerprint density at radius 2 is 1.12 bits per heavy atom. The van der Waals surface area contributed by atoms with Gasteiger partial charge in [-0.1, -0.05) is 20.3 Å². The molecule has 0 amide bonds. The summed E-state index contributed by atoms with van der Waals surface area (Å²) < 4.78 is 4.25. The smallest absolute Gasteiger partial charge is 0.0351 e. The summed E-state index contributed by atoms with van der Waals surface area (Å²) in [6, 6.07) is 0. The van der Waals surface area contributed by atoms with E-state index in [-0.39, 0.29) is 0 Å². The van der Waals surface area contributed by atoms with Gasteiger partial charge in [-0.15, -0.1) is 11.6 Å². The second-order valence-electron chi connectivity index (χ2n) is 1.12. The molecule has 0 aliphatic rings. The first-order valence-electron chi connectivity index (χ1n) is 2.61. The summed E-state index contributed by atoms with van der Waals surface area (Å²) in [5.74, 6) is 0. The van der Waals surface area contributed by atoms with E-state index in [0.29, 0.717) is 0 Å². The van der Waals surface area contributed by atoms with E-state index in [1.165, 1.54) is 12.8 Å². The van der Waals surface area contributed by atoms with Crippen LogP contribution in [-0.2, 0) is 4.74 Å². The van der Waals surface area contributed by atoms with Crippen LogP contribution in [0, 0.1) is 0 Å². The van der Waals surface area contributed by atoms with Crippen LogP contribution in [-0.4, -0.2) is 20.6 Å². The van der Waals surface area contributed by atoms with Gasteiger partial charge in [0, 0.05) is 20.6 Å². The predicted molar refractivity (Wildman–Crippen MR) is 40.7 cm³/mol. The van der Waals surface area contributed by atoms with Crippen LogP contribution in [0.2, 0.25) is 0 Å². The van der Waals surface area contributed by atoms with Crippen molar-refractivity contribution in [3.63, 3.8) is 0 Å². The molecule has 0 rings (SSSR count). The molecule has 0 aliphatic carbocycles. The second-order valence-corrected chi connectivity index (χ2v) is 1.12. The Morgan fingerprint density at radius 3 is 1.12 bits per heavy atom. The van der Waals surface area contributed by atoms with Gasteiger partial charge in [-0.05, 0) is 0 Å². The third-order valence-corrected chi connectivity index (χ3v) is 0. The van der Waals surface area contributed by atoms with Crippen molar-refractivity contribution in [1.29, 1.82) is 0 Å². The van der Waals surface area contributed by atoms with Crippen molar-refractivity contribution in [1.82, 2.24) is 0 Å². The van der Waals surface area contributed by atoms with Gasteiger partial charge in [0.05, 0.1) is 0 Å². The lowest BCUT2D eigenvalue weighted by Gasteiger charge is -1.61. The van der Waals surface area contributed by atoms with Gasteiger partial charge in [-0.2, -0.15) is 0 Å². The Morgan fingerprint density at radius 1 is 1.12 bits per heavy atom. The maximum atomic E-state index is 4.64. The van der Waals surface area contributed by atoms with Crippen LogP contribution in [0.5, 0.6) is 0 Å². The molecule has 0 aromatic rings. The Balaban J connectivity index is -0.0000000483. The Bertz CT molecular complexity index is 10.5. The van der Waals surface area contributed by atoms with E-state index >= 15 is 0 Å². The largest absolute Gasteiger partial charge is 0.388 e. The summed E-state index contributed by atoms with van der Waals surface area (Å²) in [6.07, 6.45) is 2.72. The van der Waals surface area contributed by atoms with Crippen molar-refractivity contribution in [2.75, 3.05) is 20.6 Å². The predicted octanol–water partition coefficient (Wildman–Crippen LogP) is 2.53. The van der Waals surface area contributed by atoms with Crippen molar-refractivity contribution in [3.05, 3.63) is 0 Å². The molecule has 0 fully saturated rings. The topological polar surface area (TPSA) is 9.23 Å². The summed E-state index contributed by atoms with van der Waals surface area (Å²) in [7, 11) is 3.25. The number of alkyl halides is 1. The first kappa shape index (κ1) is 15.7. The fourth-order valence-corrected chi connectivity index (χ4v) is 0. The lowest BCUT2D eigenvalue weighted by Crippen LogP contribution is -1.55. The van der Waals surface area contributed by atoms with Crippen LogP contribution in [0.15, 0.2) is 0 Å². The highest BCUT2D eigenvalue weighted by atomic mass is 35.5. The first-order chi connectivity index (χ1) is 3.83. The molecule has 54 valence electrons. The van der Waals surface area contributed by atoms with Gasteiger partial charge in [0.2, 0.25) is 0 Å². The van der Waals surface area contributed by atoms with Crippen molar-refractivity contribution < 1.29 is 4.74 Å². The molecule has 0 saturated heterocycles. The monoisotopic (exact) mass is 140 g/mol. The van der Waals surface area contributed by atoms with Gasteiger partial charge >= 0.3 is 0 Å². The molecule has 0 radical (unpaired) electrons. The van der Waals surface area contributed by atoms with Crippen molar-refractivity contribution in [3.8, 4) is 0 Å². The van der Waals surface area contributed by atoms with Gasteiger partial charge in [-0.25, -0.2) is 0 Å². The Kier molecular flexibility index (Phi) is 110. The normalized spacial score (nSPS) is 5.25. The van der Waals surface area contributed by atoms with E-state index in [0.717, 1.165) is 0 Å². The standard InChI is InChI=1S/C3H8.C2H6O.CH3Cl/c2*1-3-2;1-2/h3H2,1-2H3;1-2H3;1H3.